The summed E-state index contributed by atoms with van der Waals surface area (Å²) in [6.07, 6.45) is 3.95. The molecule has 0 radical (unpaired) electrons. The predicted molar refractivity (Wildman–Crippen MR) is 65.7 cm³/mol. The van der Waals surface area contributed by atoms with Crippen molar-refractivity contribution in [3.63, 3.8) is 0 Å². The van der Waals surface area contributed by atoms with Crippen LogP contribution in [0.15, 0.2) is 18.2 Å². The molecule has 0 aromatic heterocycles. The normalized spacial score (nSPS) is 18.6. The van der Waals surface area contributed by atoms with Crippen molar-refractivity contribution in [3.8, 4) is 0 Å². The van der Waals surface area contributed by atoms with Gasteiger partial charge in [-0.1, -0.05) is 35.7 Å². The summed E-state index contributed by atoms with van der Waals surface area (Å²) in [6, 6.07) is 6.88. The maximum absolute atomic E-state index is 5.98. The Morgan fingerprint density at radius 3 is 2.53 bits per heavy atom. The Balaban J connectivity index is 2.03. The Morgan fingerprint density at radius 2 is 2.00 bits per heavy atom. The molecule has 3 heteroatoms. The molecule has 2 rings (SSSR count). The lowest BCUT2D eigenvalue weighted by Gasteiger charge is -2.30. The van der Waals surface area contributed by atoms with E-state index in [1.165, 1.54) is 24.8 Å². The third-order valence-electron chi connectivity index (χ3n) is 3.03. The number of hydrogen-bond acceptors (Lipinski definition) is 1. The van der Waals surface area contributed by atoms with Crippen LogP contribution in [0.5, 0.6) is 0 Å². The van der Waals surface area contributed by atoms with Gasteiger partial charge in [0.15, 0.2) is 0 Å². The van der Waals surface area contributed by atoms with Crippen LogP contribution in [0.4, 0.5) is 0 Å². The molecule has 15 heavy (non-hydrogen) atoms. The first-order chi connectivity index (χ1) is 7.16. The summed E-state index contributed by atoms with van der Waals surface area (Å²) >= 11 is 11.9. The summed E-state index contributed by atoms with van der Waals surface area (Å²) in [5.41, 5.74) is 1.20. The first-order valence-corrected chi connectivity index (χ1v) is 6.13. The molecular weight excluding hydrogens is 229 g/mol. The highest BCUT2D eigenvalue weighted by atomic mass is 35.5. The second kappa shape index (κ2) is 4.73. The van der Waals surface area contributed by atoms with E-state index in [1.807, 2.05) is 18.2 Å². The molecule has 1 aliphatic rings. The molecule has 0 heterocycles. The van der Waals surface area contributed by atoms with Gasteiger partial charge in [-0.2, -0.15) is 0 Å². The summed E-state index contributed by atoms with van der Waals surface area (Å²) in [4.78, 5) is 0. The van der Waals surface area contributed by atoms with Crippen molar-refractivity contribution < 1.29 is 0 Å². The molecule has 0 unspecified atom stereocenters. The number of nitrogens with one attached hydrogen (secondary N) is 1. The lowest BCUT2D eigenvalue weighted by Crippen LogP contribution is -2.36. The highest BCUT2D eigenvalue weighted by molar-refractivity contribution is 6.42. The molecule has 0 amide bonds. The number of hydrogen-bond donors (Lipinski definition) is 1. The number of benzene rings is 1. The fourth-order valence-electron chi connectivity index (χ4n) is 1.81. The highest BCUT2D eigenvalue weighted by Crippen LogP contribution is 2.27. The van der Waals surface area contributed by atoms with Gasteiger partial charge in [-0.15, -0.1) is 0 Å². The van der Waals surface area contributed by atoms with Gasteiger partial charge < -0.3 is 5.32 Å². The topological polar surface area (TPSA) is 12.0 Å². The van der Waals surface area contributed by atoms with Gasteiger partial charge in [0.25, 0.3) is 0 Å². The van der Waals surface area contributed by atoms with Crippen LogP contribution in [0.3, 0.4) is 0 Å². The van der Waals surface area contributed by atoms with Gasteiger partial charge in [0.1, 0.15) is 0 Å². The number of rotatable bonds is 3. The van der Waals surface area contributed by atoms with Gasteiger partial charge in [-0.05, 0) is 37.5 Å². The molecule has 1 aromatic rings. The Hall–Kier alpha value is -0.240. The minimum absolute atomic E-state index is 0.352. The lowest BCUT2D eigenvalue weighted by molar-refractivity contribution is 0.313. The molecule has 1 nitrogen and oxygen atoms in total. The van der Waals surface area contributed by atoms with E-state index in [4.69, 9.17) is 23.2 Å². The largest absolute Gasteiger partial charge is 0.307 e. The minimum atomic E-state index is 0.352. The summed E-state index contributed by atoms with van der Waals surface area (Å²) in [7, 11) is 0. The first kappa shape index (κ1) is 11.3. The van der Waals surface area contributed by atoms with Crippen molar-refractivity contribution in [2.24, 2.45) is 0 Å². The van der Waals surface area contributed by atoms with Crippen molar-refractivity contribution in [3.05, 3.63) is 33.8 Å². The zero-order chi connectivity index (χ0) is 10.8. The molecule has 0 spiro atoms. The molecule has 0 aliphatic heterocycles. The predicted octanol–water partition coefficient (Wildman–Crippen LogP) is 4.20. The third kappa shape index (κ3) is 2.66. The SMILES string of the molecule is C[C@@H](NC1CCC1)c1ccc(Cl)c(Cl)c1. The van der Waals surface area contributed by atoms with E-state index in [1.54, 1.807) is 0 Å². The van der Waals surface area contributed by atoms with Crippen molar-refractivity contribution in [1.82, 2.24) is 5.32 Å². The van der Waals surface area contributed by atoms with Gasteiger partial charge in [-0.25, -0.2) is 0 Å². The summed E-state index contributed by atoms with van der Waals surface area (Å²) < 4.78 is 0. The zero-order valence-corrected chi connectivity index (χ0v) is 10.3. The van der Waals surface area contributed by atoms with Gasteiger partial charge >= 0.3 is 0 Å². The number of halogens is 2. The average Bonchev–Trinajstić information content (AvgIpc) is 2.15. The van der Waals surface area contributed by atoms with E-state index < -0.39 is 0 Å². The highest BCUT2D eigenvalue weighted by Gasteiger charge is 2.19. The van der Waals surface area contributed by atoms with Crippen LogP contribution in [0.25, 0.3) is 0 Å². The van der Waals surface area contributed by atoms with Crippen LogP contribution < -0.4 is 5.32 Å². The van der Waals surface area contributed by atoms with Crippen molar-refractivity contribution in [2.75, 3.05) is 0 Å². The Kier molecular flexibility index (Phi) is 3.55. The summed E-state index contributed by atoms with van der Waals surface area (Å²) in [5.74, 6) is 0. The van der Waals surface area contributed by atoms with Gasteiger partial charge in [0.05, 0.1) is 10.0 Å². The molecular formula is C12H15Cl2N. The monoisotopic (exact) mass is 243 g/mol. The van der Waals surface area contributed by atoms with Crippen LogP contribution in [0, 0.1) is 0 Å². The van der Waals surface area contributed by atoms with E-state index in [2.05, 4.69) is 12.2 Å². The molecule has 1 aliphatic carbocycles. The van der Waals surface area contributed by atoms with Crippen molar-refractivity contribution >= 4 is 23.2 Å². The van der Waals surface area contributed by atoms with Crippen LogP contribution in [0.2, 0.25) is 10.0 Å². The lowest BCUT2D eigenvalue weighted by atomic mass is 9.92. The molecule has 1 fully saturated rings. The van der Waals surface area contributed by atoms with E-state index in [0.717, 1.165) is 0 Å². The maximum Gasteiger partial charge on any atom is 0.0595 e. The van der Waals surface area contributed by atoms with E-state index in [-0.39, 0.29) is 0 Å². The fraction of sp³-hybridized carbons (Fsp3) is 0.500. The molecule has 1 atom stereocenters. The molecule has 82 valence electrons. The molecule has 1 saturated carbocycles. The van der Waals surface area contributed by atoms with E-state index in [0.29, 0.717) is 22.1 Å². The zero-order valence-electron chi connectivity index (χ0n) is 8.76. The Labute approximate surface area is 101 Å². The van der Waals surface area contributed by atoms with Gasteiger partial charge in [0, 0.05) is 12.1 Å². The third-order valence-corrected chi connectivity index (χ3v) is 3.77. The van der Waals surface area contributed by atoms with Crippen LogP contribution in [0.1, 0.15) is 37.8 Å². The van der Waals surface area contributed by atoms with Gasteiger partial charge in [0.2, 0.25) is 0 Å². The second-order valence-electron chi connectivity index (χ2n) is 4.19. The second-order valence-corrected chi connectivity index (χ2v) is 5.00. The van der Waals surface area contributed by atoms with E-state index >= 15 is 0 Å². The molecule has 1 N–H and O–H groups in total. The first-order valence-electron chi connectivity index (χ1n) is 5.38. The summed E-state index contributed by atoms with van der Waals surface area (Å²) in [5, 5.41) is 4.83. The van der Waals surface area contributed by atoms with Gasteiger partial charge in [-0.3, -0.25) is 0 Å². The van der Waals surface area contributed by atoms with E-state index in [9.17, 15) is 0 Å². The molecule has 1 aromatic carbocycles. The Morgan fingerprint density at radius 1 is 1.27 bits per heavy atom. The molecule has 0 bridgehead atoms. The average molecular weight is 244 g/mol. The molecule has 0 saturated heterocycles. The quantitative estimate of drug-likeness (QED) is 0.840. The smallest absolute Gasteiger partial charge is 0.0595 e. The van der Waals surface area contributed by atoms with Crippen molar-refractivity contribution in [2.45, 2.75) is 38.3 Å². The van der Waals surface area contributed by atoms with Crippen molar-refractivity contribution in [1.29, 1.82) is 0 Å². The summed E-state index contributed by atoms with van der Waals surface area (Å²) in [6.45, 7) is 2.16. The fourth-order valence-corrected chi connectivity index (χ4v) is 2.11. The van der Waals surface area contributed by atoms with Crippen LogP contribution >= 0.6 is 23.2 Å². The maximum atomic E-state index is 5.98. The standard InChI is InChI=1S/C12H15Cl2N/c1-8(15-10-3-2-4-10)9-5-6-11(13)12(14)7-9/h5-8,10,15H,2-4H2,1H3/t8-/m1/s1. The van der Waals surface area contributed by atoms with Crippen LogP contribution in [-0.4, -0.2) is 6.04 Å². The van der Waals surface area contributed by atoms with Crippen LogP contribution in [-0.2, 0) is 0 Å². The Bertz CT molecular complexity index is 347. The minimum Gasteiger partial charge on any atom is -0.307 e.